The van der Waals surface area contributed by atoms with Crippen molar-refractivity contribution < 1.29 is 4.79 Å². The third-order valence-electron chi connectivity index (χ3n) is 2.23. The van der Waals surface area contributed by atoms with Gasteiger partial charge in [-0.1, -0.05) is 24.3 Å². The first-order valence-electron chi connectivity index (χ1n) is 5.46. The van der Waals surface area contributed by atoms with E-state index in [4.69, 9.17) is 0 Å². The maximum atomic E-state index is 11.6. The van der Waals surface area contributed by atoms with Crippen LogP contribution in [0, 0.1) is 0 Å². The Morgan fingerprint density at radius 2 is 1.94 bits per heavy atom. The number of hydrazone groups is 1. The lowest BCUT2D eigenvalue weighted by Crippen LogP contribution is -2.25. The molecule has 0 aliphatic heterocycles. The van der Waals surface area contributed by atoms with Crippen molar-refractivity contribution in [3.05, 3.63) is 52.7 Å². The highest BCUT2D eigenvalue weighted by Crippen LogP contribution is 2.09. The monoisotopic (exact) mass is 259 g/mol. The average Bonchev–Trinajstić information content (AvgIpc) is 2.91. The van der Waals surface area contributed by atoms with Gasteiger partial charge in [0.1, 0.15) is 0 Å². The van der Waals surface area contributed by atoms with Crippen LogP contribution in [0.5, 0.6) is 0 Å². The lowest BCUT2D eigenvalue weighted by molar-refractivity contribution is 0.252. The van der Waals surface area contributed by atoms with Gasteiger partial charge in [-0.25, -0.2) is 10.2 Å². The molecule has 4 nitrogen and oxygen atoms in total. The predicted octanol–water partition coefficient (Wildman–Crippen LogP) is 3.29. The number of hydrogen-bond acceptors (Lipinski definition) is 3. The molecule has 5 heteroatoms. The molecule has 0 aliphatic rings. The first-order valence-corrected chi connectivity index (χ1v) is 6.34. The summed E-state index contributed by atoms with van der Waals surface area (Å²) < 4.78 is 0. The molecule has 92 valence electrons. The number of carbonyl (C=O) groups excluding carboxylic acids is 1. The molecule has 2 aromatic rings. The minimum absolute atomic E-state index is 0.350. The smallest absolute Gasteiger partial charge is 0.307 e. The number of hydrogen-bond donors (Lipinski definition) is 2. The van der Waals surface area contributed by atoms with Gasteiger partial charge in [0.15, 0.2) is 0 Å². The fraction of sp³-hybridized carbons (Fsp3) is 0.0769. The Balaban J connectivity index is 1.91. The summed E-state index contributed by atoms with van der Waals surface area (Å²) in [5, 5.41) is 8.69. The van der Waals surface area contributed by atoms with Crippen LogP contribution in [0.25, 0.3) is 0 Å². The molecule has 1 aromatic carbocycles. The normalized spacial score (nSPS) is 11.1. The van der Waals surface area contributed by atoms with Crippen molar-refractivity contribution in [3.63, 3.8) is 0 Å². The van der Waals surface area contributed by atoms with Crippen LogP contribution < -0.4 is 10.7 Å². The number of carbonyl (C=O) groups is 1. The summed E-state index contributed by atoms with van der Waals surface area (Å²) in [6.07, 6.45) is 0. The second-order valence-electron chi connectivity index (χ2n) is 3.61. The highest BCUT2D eigenvalue weighted by molar-refractivity contribution is 7.12. The zero-order valence-corrected chi connectivity index (χ0v) is 10.7. The van der Waals surface area contributed by atoms with Crippen molar-refractivity contribution in [2.45, 2.75) is 6.92 Å². The van der Waals surface area contributed by atoms with E-state index in [9.17, 15) is 4.79 Å². The van der Waals surface area contributed by atoms with Crippen LogP contribution >= 0.6 is 11.3 Å². The highest BCUT2D eigenvalue weighted by Gasteiger charge is 2.01. The van der Waals surface area contributed by atoms with Crippen LogP contribution in [-0.4, -0.2) is 11.7 Å². The molecule has 0 fully saturated rings. The molecule has 2 N–H and O–H groups in total. The van der Waals surface area contributed by atoms with Crippen LogP contribution in [0.4, 0.5) is 10.5 Å². The van der Waals surface area contributed by atoms with Crippen LogP contribution in [-0.2, 0) is 0 Å². The number of urea groups is 1. The maximum absolute atomic E-state index is 11.6. The molecule has 0 atom stereocenters. The minimum atomic E-state index is -0.350. The van der Waals surface area contributed by atoms with Gasteiger partial charge in [-0.2, -0.15) is 5.10 Å². The van der Waals surface area contributed by atoms with Gasteiger partial charge in [0.25, 0.3) is 0 Å². The van der Waals surface area contributed by atoms with E-state index in [0.29, 0.717) is 0 Å². The van der Waals surface area contributed by atoms with E-state index >= 15 is 0 Å². The predicted molar refractivity (Wildman–Crippen MR) is 75.1 cm³/mol. The third-order valence-corrected chi connectivity index (χ3v) is 3.21. The van der Waals surface area contributed by atoms with E-state index in [0.717, 1.165) is 16.3 Å². The first kappa shape index (κ1) is 12.3. The number of anilines is 1. The van der Waals surface area contributed by atoms with Crippen LogP contribution in [0.1, 0.15) is 11.8 Å². The Morgan fingerprint density at radius 1 is 1.17 bits per heavy atom. The fourth-order valence-corrected chi connectivity index (χ4v) is 2.03. The Kier molecular flexibility index (Phi) is 4.09. The van der Waals surface area contributed by atoms with Crippen molar-refractivity contribution in [1.82, 2.24) is 5.43 Å². The molecule has 0 bridgehead atoms. The Hall–Kier alpha value is -2.14. The number of thiophene rings is 1. The molecule has 2 rings (SSSR count). The van der Waals surface area contributed by atoms with Crippen molar-refractivity contribution >= 4 is 28.8 Å². The number of benzene rings is 1. The van der Waals surface area contributed by atoms with E-state index in [1.165, 1.54) is 0 Å². The standard InChI is InChI=1S/C13H13N3OS/c1-10(12-8-5-9-18-12)15-16-13(17)14-11-6-3-2-4-7-11/h2-9H,1H3,(H2,14,16,17)/b15-10+. The molecule has 0 spiro atoms. The molecule has 0 unspecified atom stereocenters. The van der Waals surface area contributed by atoms with Crippen molar-refractivity contribution in [1.29, 1.82) is 0 Å². The summed E-state index contributed by atoms with van der Waals surface area (Å²) in [5.74, 6) is 0. The lowest BCUT2D eigenvalue weighted by Gasteiger charge is -2.04. The van der Waals surface area contributed by atoms with Crippen molar-refractivity contribution in [3.8, 4) is 0 Å². The van der Waals surface area contributed by atoms with E-state index in [1.807, 2.05) is 54.8 Å². The summed E-state index contributed by atoms with van der Waals surface area (Å²) in [7, 11) is 0. The Labute approximate surface area is 109 Å². The SMILES string of the molecule is C/C(=N\NC(=O)Nc1ccccc1)c1cccs1. The van der Waals surface area contributed by atoms with Gasteiger partial charge >= 0.3 is 6.03 Å². The van der Waals surface area contributed by atoms with E-state index < -0.39 is 0 Å². The Bertz CT molecular complexity index is 535. The second-order valence-corrected chi connectivity index (χ2v) is 4.55. The first-order chi connectivity index (χ1) is 8.75. The van der Waals surface area contributed by atoms with Gasteiger partial charge in [-0.05, 0) is 30.5 Å². The molecule has 1 aromatic heterocycles. The number of nitrogens with zero attached hydrogens (tertiary/aromatic N) is 1. The van der Waals surface area contributed by atoms with Gasteiger partial charge in [0.05, 0.1) is 5.71 Å². The van der Waals surface area contributed by atoms with Gasteiger partial charge in [-0.3, -0.25) is 0 Å². The molecule has 2 amide bonds. The summed E-state index contributed by atoms with van der Waals surface area (Å²) in [6.45, 7) is 1.86. The van der Waals surface area contributed by atoms with Crippen LogP contribution in [0.3, 0.4) is 0 Å². The Morgan fingerprint density at radius 3 is 2.61 bits per heavy atom. The summed E-state index contributed by atoms with van der Waals surface area (Å²) in [5.41, 5.74) is 3.98. The van der Waals surface area contributed by atoms with Crippen LogP contribution in [0.2, 0.25) is 0 Å². The lowest BCUT2D eigenvalue weighted by atomic mass is 10.3. The molecular formula is C13H13N3OS. The van der Waals surface area contributed by atoms with Gasteiger partial charge in [0.2, 0.25) is 0 Å². The minimum Gasteiger partial charge on any atom is -0.307 e. The molecule has 0 radical (unpaired) electrons. The summed E-state index contributed by atoms with van der Waals surface area (Å²) in [4.78, 5) is 12.6. The molecule has 0 saturated carbocycles. The van der Waals surface area contributed by atoms with Crippen molar-refractivity contribution in [2.24, 2.45) is 5.10 Å². The quantitative estimate of drug-likeness (QED) is 0.645. The number of para-hydroxylation sites is 1. The topological polar surface area (TPSA) is 53.5 Å². The van der Waals surface area contributed by atoms with Crippen LogP contribution in [0.15, 0.2) is 52.9 Å². The fourth-order valence-electron chi connectivity index (χ4n) is 1.35. The summed E-state index contributed by atoms with van der Waals surface area (Å²) >= 11 is 1.58. The summed E-state index contributed by atoms with van der Waals surface area (Å²) in [6, 6.07) is 12.8. The molecule has 0 saturated heterocycles. The molecule has 18 heavy (non-hydrogen) atoms. The van der Waals surface area contributed by atoms with E-state index in [-0.39, 0.29) is 6.03 Å². The zero-order valence-electron chi connectivity index (χ0n) is 9.88. The number of rotatable bonds is 3. The molecule has 0 aliphatic carbocycles. The van der Waals surface area contributed by atoms with Gasteiger partial charge < -0.3 is 5.32 Å². The highest BCUT2D eigenvalue weighted by atomic mass is 32.1. The average molecular weight is 259 g/mol. The van der Waals surface area contributed by atoms with E-state index in [1.54, 1.807) is 11.3 Å². The number of amides is 2. The third kappa shape index (κ3) is 3.43. The molecule has 1 heterocycles. The largest absolute Gasteiger partial charge is 0.339 e. The van der Waals surface area contributed by atoms with Crippen molar-refractivity contribution in [2.75, 3.05) is 5.32 Å². The number of nitrogens with one attached hydrogen (secondary N) is 2. The zero-order chi connectivity index (χ0) is 12.8. The second kappa shape index (κ2) is 5.97. The molecular weight excluding hydrogens is 246 g/mol. The maximum Gasteiger partial charge on any atom is 0.339 e. The van der Waals surface area contributed by atoms with Gasteiger partial charge in [-0.15, -0.1) is 11.3 Å². The van der Waals surface area contributed by atoms with Gasteiger partial charge in [0, 0.05) is 10.6 Å². The van der Waals surface area contributed by atoms with E-state index in [2.05, 4.69) is 15.8 Å².